The molecule has 1 aliphatic rings. The summed E-state index contributed by atoms with van der Waals surface area (Å²) in [4.78, 5) is 24.9. The van der Waals surface area contributed by atoms with Gasteiger partial charge in [-0.3, -0.25) is 0 Å². The van der Waals surface area contributed by atoms with Gasteiger partial charge >= 0.3 is 11.9 Å². The number of nitrogens with zero attached hydrogens (tertiary/aromatic N) is 1. The van der Waals surface area contributed by atoms with E-state index >= 15 is 0 Å². The van der Waals surface area contributed by atoms with E-state index in [-0.39, 0.29) is 11.1 Å². The molecule has 17 heavy (non-hydrogen) atoms. The lowest BCUT2D eigenvalue weighted by molar-refractivity contribution is -0.138. The number of esters is 2. The van der Waals surface area contributed by atoms with Gasteiger partial charge in [-0.1, -0.05) is 6.08 Å². The summed E-state index contributed by atoms with van der Waals surface area (Å²) in [5, 5.41) is 0. The van der Waals surface area contributed by atoms with E-state index in [1.807, 2.05) is 14.1 Å². The van der Waals surface area contributed by atoms with E-state index in [0.717, 1.165) is 0 Å². The van der Waals surface area contributed by atoms with E-state index in [4.69, 9.17) is 0 Å². The second-order valence-corrected chi connectivity index (χ2v) is 3.65. The van der Waals surface area contributed by atoms with E-state index in [1.54, 1.807) is 23.3 Å². The van der Waals surface area contributed by atoms with Gasteiger partial charge in [-0.15, -0.1) is 0 Å². The second kappa shape index (κ2) is 5.34. The van der Waals surface area contributed by atoms with Crippen LogP contribution in [0.15, 0.2) is 35.1 Å². The van der Waals surface area contributed by atoms with Crippen molar-refractivity contribution in [1.29, 1.82) is 0 Å². The molecule has 0 aromatic carbocycles. The van der Waals surface area contributed by atoms with E-state index < -0.39 is 11.9 Å². The van der Waals surface area contributed by atoms with E-state index in [2.05, 4.69) is 9.47 Å². The number of methoxy groups -OCH3 is 2. The number of hydrogen-bond donors (Lipinski definition) is 0. The summed E-state index contributed by atoms with van der Waals surface area (Å²) in [5.74, 6) is -1.10. The number of rotatable bonds is 3. The van der Waals surface area contributed by atoms with Gasteiger partial charge in [0.1, 0.15) is 0 Å². The first-order valence-corrected chi connectivity index (χ1v) is 4.98. The SMILES string of the molecule is COC(=O)C1=C(C(=O)OC)/C(=C/N(C)C)C=C1. The van der Waals surface area contributed by atoms with Gasteiger partial charge in [0.2, 0.25) is 0 Å². The van der Waals surface area contributed by atoms with Crippen LogP contribution in [0.2, 0.25) is 0 Å². The van der Waals surface area contributed by atoms with Gasteiger partial charge in [-0.25, -0.2) is 9.59 Å². The molecule has 0 fully saturated rings. The number of ether oxygens (including phenoxy) is 2. The predicted molar refractivity (Wildman–Crippen MR) is 62.0 cm³/mol. The fourth-order valence-corrected chi connectivity index (χ4v) is 1.49. The summed E-state index contributed by atoms with van der Waals surface area (Å²) >= 11 is 0. The highest BCUT2D eigenvalue weighted by atomic mass is 16.5. The van der Waals surface area contributed by atoms with Crippen molar-refractivity contribution in [2.45, 2.75) is 0 Å². The molecule has 0 aromatic rings. The van der Waals surface area contributed by atoms with Gasteiger partial charge in [0, 0.05) is 25.9 Å². The van der Waals surface area contributed by atoms with Crippen molar-refractivity contribution >= 4 is 11.9 Å². The van der Waals surface area contributed by atoms with Gasteiger partial charge in [0.15, 0.2) is 0 Å². The van der Waals surface area contributed by atoms with Crippen molar-refractivity contribution in [3.63, 3.8) is 0 Å². The summed E-state index contributed by atoms with van der Waals surface area (Å²) < 4.78 is 9.28. The molecule has 0 N–H and O–H groups in total. The van der Waals surface area contributed by atoms with Crippen LogP contribution in [-0.2, 0) is 19.1 Å². The zero-order valence-corrected chi connectivity index (χ0v) is 10.3. The van der Waals surface area contributed by atoms with Crippen LogP contribution in [0.3, 0.4) is 0 Å². The molecule has 0 saturated heterocycles. The van der Waals surface area contributed by atoms with Crippen LogP contribution in [0.1, 0.15) is 0 Å². The Morgan fingerprint density at radius 1 is 1.12 bits per heavy atom. The molecule has 92 valence electrons. The minimum atomic E-state index is -0.552. The zero-order chi connectivity index (χ0) is 13.0. The van der Waals surface area contributed by atoms with Crippen LogP contribution >= 0.6 is 0 Å². The lowest BCUT2D eigenvalue weighted by Gasteiger charge is -2.09. The van der Waals surface area contributed by atoms with Crippen LogP contribution in [0.5, 0.6) is 0 Å². The molecule has 5 heteroatoms. The predicted octanol–water partition coefficient (Wildman–Crippen LogP) is 0.644. The maximum Gasteiger partial charge on any atom is 0.339 e. The molecule has 5 nitrogen and oxygen atoms in total. The highest BCUT2D eigenvalue weighted by Gasteiger charge is 2.27. The monoisotopic (exact) mass is 237 g/mol. The highest BCUT2D eigenvalue weighted by Crippen LogP contribution is 2.26. The highest BCUT2D eigenvalue weighted by molar-refractivity contribution is 6.07. The molecule has 0 bridgehead atoms. The van der Waals surface area contributed by atoms with Crippen molar-refractivity contribution in [3.05, 3.63) is 35.1 Å². The standard InChI is InChI=1S/C12H15NO4/c1-13(2)7-8-5-6-9(11(14)16-3)10(8)12(15)17-4/h5-7H,1-4H3/b8-7+. The maximum atomic E-state index is 11.6. The molecule has 0 radical (unpaired) electrons. The lowest BCUT2D eigenvalue weighted by Crippen LogP contribution is -2.13. The van der Waals surface area contributed by atoms with Gasteiger partial charge in [-0.2, -0.15) is 0 Å². The molecule has 0 unspecified atom stereocenters. The molecule has 1 aliphatic carbocycles. The Labute approximate surface area is 100.0 Å². The Hall–Kier alpha value is -2.04. The first-order valence-electron chi connectivity index (χ1n) is 4.98. The van der Waals surface area contributed by atoms with Crippen LogP contribution < -0.4 is 0 Å². The van der Waals surface area contributed by atoms with Crippen LogP contribution in [0.25, 0.3) is 0 Å². The number of carbonyl (C=O) groups excluding carboxylic acids is 2. The molecule has 0 amide bonds. The van der Waals surface area contributed by atoms with Crippen LogP contribution in [0, 0.1) is 0 Å². The summed E-state index contributed by atoms with van der Waals surface area (Å²) in [6.07, 6.45) is 4.96. The maximum absolute atomic E-state index is 11.6. The van der Waals surface area contributed by atoms with Crippen molar-refractivity contribution in [1.82, 2.24) is 4.90 Å². The van der Waals surface area contributed by atoms with E-state index in [9.17, 15) is 9.59 Å². The Balaban J connectivity index is 3.24. The minimum absolute atomic E-state index is 0.215. The molecule has 0 aliphatic heterocycles. The molecular formula is C12H15NO4. The Morgan fingerprint density at radius 2 is 1.71 bits per heavy atom. The van der Waals surface area contributed by atoms with Crippen LogP contribution in [0.4, 0.5) is 0 Å². The third-order valence-corrected chi connectivity index (χ3v) is 2.18. The Bertz CT molecular complexity index is 430. The summed E-state index contributed by atoms with van der Waals surface area (Å²) in [6, 6.07) is 0. The molecule has 1 rings (SSSR count). The fourth-order valence-electron chi connectivity index (χ4n) is 1.49. The van der Waals surface area contributed by atoms with Crippen LogP contribution in [-0.4, -0.2) is 45.2 Å². The largest absolute Gasteiger partial charge is 0.465 e. The lowest BCUT2D eigenvalue weighted by atomic mass is 10.1. The van der Waals surface area contributed by atoms with Crippen molar-refractivity contribution in [3.8, 4) is 0 Å². The average Bonchev–Trinajstić information content (AvgIpc) is 2.69. The summed E-state index contributed by atoms with van der Waals surface area (Å²) in [7, 11) is 6.19. The summed E-state index contributed by atoms with van der Waals surface area (Å²) in [5.41, 5.74) is 1.07. The number of hydrogen-bond acceptors (Lipinski definition) is 5. The Morgan fingerprint density at radius 3 is 2.18 bits per heavy atom. The molecule has 0 spiro atoms. The third-order valence-electron chi connectivity index (χ3n) is 2.18. The smallest absolute Gasteiger partial charge is 0.339 e. The van der Waals surface area contributed by atoms with Gasteiger partial charge < -0.3 is 14.4 Å². The zero-order valence-electron chi connectivity index (χ0n) is 10.3. The molecule has 0 aromatic heterocycles. The molecule has 0 saturated carbocycles. The average molecular weight is 237 g/mol. The first kappa shape index (κ1) is 13.0. The topological polar surface area (TPSA) is 55.8 Å². The molecule has 0 atom stereocenters. The van der Waals surface area contributed by atoms with Gasteiger partial charge in [0.25, 0.3) is 0 Å². The third kappa shape index (κ3) is 2.75. The van der Waals surface area contributed by atoms with E-state index in [0.29, 0.717) is 5.57 Å². The van der Waals surface area contributed by atoms with Gasteiger partial charge in [-0.05, 0) is 6.08 Å². The van der Waals surface area contributed by atoms with Gasteiger partial charge in [0.05, 0.1) is 25.4 Å². The normalized spacial score (nSPS) is 16.4. The van der Waals surface area contributed by atoms with Crippen molar-refractivity contribution in [2.24, 2.45) is 0 Å². The molecular weight excluding hydrogens is 222 g/mol. The van der Waals surface area contributed by atoms with Crippen molar-refractivity contribution in [2.75, 3.05) is 28.3 Å². The first-order chi connectivity index (χ1) is 8.01. The van der Waals surface area contributed by atoms with E-state index in [1.165, 1.54) is 14.2 Å². The minimum Gasteiger partial charge on any atom is -0.465 e. The summed E-state index contributed by atoms with van der Waals surface area (Å²) in [6.45, 7) is 0. The Kier molecular flexibility index (Phi) is 4.09. The second-order valence-electron chi connectivity index (χ2n) is 3.65. The van der Waals surface area contributed by atoms with Crippen molar-refractivity contribution < 1.29 is 19.1 Å². The molecule has 0 heterocycles. The number of allylic oxidation sites excluding steroid dienone is 1. The fraction of sp³-hybridized carbons (Fsp3) is 0.333. The number of carbonyl (C=O) groups is 2. The quantitative estimate of drug-likeness (QED) is 0.674.